The van der Waals surface area contributed by atoms with Crippen LogP contribution in [-0.4, -0.2) is 17.5 Å². The predicted molar refractivity (Wildman–Crippen MR) is 128 cm³/mol. The Bertz CT molecular complexity index is 1020. The summed E-state index contributed by atoms with van der Waals surface area (Å²) in [5.74, 6) is 0.963. The van der Waals surface area contributed by atoms with Gasteiger partial charge < -0.3 is 0 Å². The minimum absolute atomic E-state index is 0.285. The highest BCUT2D eigenvalue weighted by Gasteiger charge is 2.37. The number of hydrogen-bond acceptors (Lipinski definition) is 1. The molecule has 0 bridgehead atoms. The van der Waals surface area contributed by atoms with Gasteiger partial charge in [-0.1, -0.05) is 94.4 Å². The van der Waals surface area contributed by atoms with Gasteiger partial charge in [0.05, 0.1) is 0 Å². The Kier molecular flexibility index (Phi) is 5.76. The first-order valence-electron chi connectivity index (χ1n) is 11.1. The maximum Gasteiger partial charge on any atom is 0.245 e. The molecule has 0 saturated heterocycles. The fraction of sp³-hybridized carbons (Fsp3) is 0.321. The van der Waals surface area contributed by atoms with Crippen molar-refractivity contribution in [2.24, 2.45) is 0 Å². The number of para-hydroxylation sites is 2. The molecule has 4 rings (SSSR count). The molecule has 0 aliphatic carbocycles. The molecule has 0 spiro atoms. The summed E-state index contributed by atoms with van der Waals surface area (Å²) in [6.07, 6.45) is 2.34. The summed E-state index contributed by atoms with van der Waals surface area (Å²) in [6.45, 7) is 12.3. The zero-order chi connectivity index (χ0) is 21.3. The molecule has 3 aromatic carbocycles. The standard InChI is InChI=1S/C28H33N2/c1-20(2)24-15-11-16-25(21(3)4)28(24)29-18-27(23-13-7-6-8-14-23)30(19-29)26-17-10-9-12-22(26)5/h6-17,19-21,27H,18H2,1-5H3/q+1/t27-/m1/s1. The zero-order valence-corrected chi connectivity index (χ0v) is 18.8. The average Bonchev–Trinajstić information content (AvgIpc) is 3.19. The van der Waals surface area contributed by atoms with E-state index in [2.05, 4.69) is 123 Å². The number of hydrogen-bond donors (Lipinski definition) is 0. The summed E-state index contributed by atoms with van der Waals surface area (Å²) < 4.78 is 2.49. The largest absolute Gasteiger partial charge is 0.245 e. The molecule has 3 aromatic rings. The third kappa shape index (κ3) is 3.79. The van der Waals surface area contributed by atoms with Crippen molar-refractivity contribution in [2.75, 3.05) is 11.4 Å². The molecule has 154 valence electrons. The minimum atomic E-state index is 0.285. The molecule has 1 aliphatic heterocycles. The second-order valence-corrected chi connectivity index (χ2v) is 8.98. The van der Waals surface area contributed by atoms with Crippen LogP contribution in [0, 0.1) is 6.92 Å². The van der Waals surface area contributed by atoms with Crippen LogP contribution in [-0.2, 0) is 0 Å². The molecule has 0 unspecified atom stereocenters. The first kappa shape index (κ1) is 20.4. The van der Waals surface area contributed by atoms with Crippen molar-refractivity contribution in [2.45, 2.75) is 52.5 Å². The van der Waals surface area contributed by atoms with Crippen LogP contribution in [0.3, 0.4) is 0 Å². The van der Waals surface area contributed by atoms with Crippen molar-refractivity contribution in [1.82, 2.24) is 0 Å². The van der Waals surface area contributed by atoms with Gasteiger partial charge in [0.15, 0.2) is 6.04 Å². The Balaban J connectivity index is 1.88. The van der Waals surface area contributed by atoms with Gasteiger partial charge in [0.1, 0.15) is 17.9 Å². The van der Waals surface area contributed by atoms with Gasteiger partial charge in [-0.2, -0.15) is 0 Å². The van der Waals surface area contributed by atoms with Crippen LogP contribution in [0.4, 0.5) is 11.4 Å². The topological polar surface area (TPSA) is 6.25 Å². The van der Waals surface area contributed by atoms with Crippen LogP contribution in [0.1, 0.15) is 67.8 Å². The molecule has 0 fully saturated rings. The monoisotopic (exact) mass is 397 g/mol. The van der Waals surface area contributed by atoms with Crippen LogP contribution < -0.4 is 4.90 Å². The molecule has 0 aromatic heterocycles. The fourth-order valence-corrected chi connectivity index (χ4v) is 4.57. The Hall–Kier alpha value is -2.87. The van der Waals surface area contributed by atoms with E-state index < -0.39 is 0 Å². The first-order chi connectivity index (χ1) is 14.5. The fourth-order valence-electron chi connectivity index (χ4n) is 4.57. The van der Waals surface area contributed by atoms with E-state index in [1.165, 1.54) is 33.6 Å². The predicted octanol–water partition coefficient (Wildman–Crippen LogP) is 7.18. The van der Waals surface area contributed by atoms with Gasteiger partial charge >= 0.3 is 0 Å². The van der Waals surface area contributed by atoms with Crippen molar-refractivity contribution in [3.63, 3.8) is 0 Å². The molecule has 1 atom stereocenters. The van der Waals surface area contributed by atoms with Gasteiger partial charge in [-0.15, -0.1) is 0 Å². The van der Waals surface area contributed by atoms with Crippen LogP contribution in [0.2, 0.25) is 0 Å². The van der Waals surface area contributed by atoms with Crippen LogP contribution >= 0.6 is 0 Å². The molecule has 1 aliphatic rings. The third-order valence-corrected chi connectivity index (χ3v) is 6.18. The average molecular weight is 398 g/mol. The summed E-state index contributed by atoms with van der Waals surface area (Å²) in [4.78, 5) is 2.46. The molecule has 1 heterocycles. The van der Waals surface area contributed by atoms with Gasteiger partial charge in [-0.05, 0) is 30.4 Å². The second kappa shape index (κ2) is 8.47. The van der Waals surface area contributed by atoms with Crippen LogP contribution in [0.15, 0.2) is 72.8 Å². The molecule has 30 heavy (non-hydrogen) atoms. The summed E-state index contributed by atoms with van der Waals surface area (Å²) in [6, 6.07) is 26.7. The van der Waals surface area contributed by atoms with Gasteiger partial charge in [-0.25, -0.2) is 9.48 Å². The van der Waals surface area contributed by atoms with E-state index in [0.29, 0.717) is 11.8 Å². The molecule has 0 radical (unpaired) electrons. The normalized spacial score (nSPS) is 16.4. The van der Waals surface area contributed by atoms with Crippen molar-refractivity contribution >= 4 is 17.7 Å². The number of rotatable bonds is 5. The van der Waals surface area contributed by atoms with E-state index in [0.717, 1.165) is 6.54 Å². The number of benzene rings is 3. The summed E-state index contributed by atoms with van der Waals surface area (Å²) in [5, 5.41) is 0. The molecule has 0 N–H and O–H groups in total. The van der Waals surface area contributed by atoms with Crippen molar-refractivity contribution in [1.29, 1.82) is 0 Å². The molecule has 0 saturated carbocycles. The molecule has 0 amide bonds. The summed E-state index contributed by atoms with van der Waals surface area (Å²) in [7, 11) is 0. The smallest absolute Gasteiger partial charge is 0.228 e. The Morgan fingerprint density at radius 2 is 1.37 bits per heavy atom. The van der Waals surface area contributed by atoms with Crippen molar-refractivity contribution in [3.05, 3.63) is 95.1 Å². The van der Waals surface area contributed by atoms with E-state index in [9.17, 15) is 0 Å². The lowest BCUT2D eigenvalue weighted by Crippen LogP contribution is -2.24. The number of nitrogens with zero attached hydrogens (tertiary/aromatic N) is 2. The highest BCUT2D eigenvalue weighted by Crippen LogP contribution is 2.39. The van der Waals surface area contributed by atoms with E-state index in [1.807, 2.05) is 0 Å². The van der Waals surface area contributed by atoms with E-state index >= 15 is 0 Å². The van der Waals surface area contributed by atoms with Gasteiger partial charge in [0.25, 0.3) is 0 Å². The highest BCUT2D eigenvalue weighted by molar-refractivity contribution is 5.81. The van der Waals surface area contributed by atoms with Crippen LogP contribution in [0.5, 0.6) is 0 Å². The van der Waals surface area contributed by atoms with Crippen molar-refractivity contribution < 1.29 is 4.58 Å². The molecular formula is C28H33N2+. The molecule has 2 nitrogen and oxygen atoms in total. The Morgan fingerprint density at radius 1 is 0.767 bits per heavy atom. The lowest BCUT2D eigenvalue weighted by atomic mass is 9.92. The maximum absolute atomic E-state index is 2.49. The summed E-state index contributed by atoms with van der Waals surface area (Å²) >= 11 is 0. The Morgan fingerprint density at radius 3 is 1.97 bits per heavy atom. The van der Waals surface area contributed by atoms with Gasteiger partial charge in [0.2, 0.25) is 6.34 Å². The first-order valence-corrected chi connectivity index (χ1v) is 11.1. The lowest BCUT2D eigenvalue weighted by molar-refractivity contribution is -0.430. The summed E-state index contributed by atoms with van der Waals surface area (Å²) in [5.41, 5.74) is 8.18. The molecular weight excluding hydrogens is 364 g/mol. The SMILES string of the molecule is Cc1ccccc1N1C=[N+](c2c(C(C)C)cccc2C(C)C)C[C@@H]1c1ccccc1. The Labute approximate surface area is 181 Å². The maximum atomic E-state index is 2.49. The van der Waals surface area contributed by atoms with Gasteiger partial charge in [-0.3, -0.25) is 0 Å². The third-order valence-electron chi connectivity index (χ3n) is 6.18. The van der Waals surface area contributed by atoms with E-state index in [1.54, 1.807) is 0 Å². The van der Waals surface area contributed by atoms with Gasteiger partial charge in [0, 0.05) is 16.7 Å². The second-order valence-electron chi connectivity index (χ2n) is 8.98. The number of anilines is 1. The lowest BCUT2D eigenvalue weighted by Gasteiger charge is -2.19. The highest BCUT2D eigenvalue weighted by atomic mass is 15.3. The quantitative estimate of drug-likeness (QED) is 0.413. The van der Waals surface area contributed by atoms with Crippen LogP contribution in [0.25, 0.3) is 0 Å². The van der Waals surface area contributed by atoms with E-state index in [-0.39, 0.29) is 6.04 Å². The van der Waals surface area contributed by atoms with E-state index in [4.69, 9.17) is 0 Å². The molecule has 2 heteroatoms. The minimum Gasteiger partial charge on any atom is -0.228 e. The van der Waals surface area contributed by atoms with Crippen molar-refractivity contribution in [3.8, 4) is 0 Å². The number of aryl methyl sites for hydroxylation is 1. The zero-order valence-electron chi connectivity index (χ0n) is 18.8.